The van der Waals surface area contributed by atoms with Crippen LogP contribution in [0.1, 0.15) is 45.6 Å². The summed E-state index contributed by atoms with van der Waals surface area (Å²) in [5.74, 6) is 0.251. The van der Waals surface area contributed by atoms with Crippen LogP contribution in [0.2, 0.25) is 0 Å². The highest BCUT2D eigenvalue weighted by Crippen LogP contribution is 2.25. The Morgan fingerprint density at radius 3 is 2.56 bits per heavy atom. The highest BCUT2D eigenvalue weighted by atomic mass is 16.7. The number of allylic oxidation sites excluding steroid dienone is 1. The summed E-state index contributed by atoms with van der Waals surface area (Å²) in [6, 6.07) is 10.5. The van der Waals surface area contributed by atoms with Crippen molar-refractivity contribution in [3.8, 4) is 0 Å². The number of aryl methyl sites for hydroxylation is 1. The van der Waals surface area contributed by atoms with Gasteiger partial charge in [-0.15, -0.1) is 0 Å². The molecule has 1 saturated heterocycles. The molecule has 0 radical (unpaired) electrons. The Kier molecular flexibility index (Phi) is 8.10. The second kappa shape index (κ2) is 10.1. The quantitative estimate of drug-likeness (QED) is 0.515. The number of hydroxylamine groups is 1. The van der Waals surface area contributed by atoms with Gasteiger partial charge in [-0.25, -0.2) is 5.48 Å². The molecule has 4 heteroatoms. The van der Waals surface area contributed by atoms with Crippen LogP contribution in [0.25, 0.3) is 0 Å². The summed E-state index contributed by atoms with van der Waals surface area (Å²) in [5.41, 5.74) is 3.90. The minimum atomic E-state index is -0.155. The highest BCUT2D eigenvalue weighted by Gasteiger charge is 2.28. The van der Waals surface area contributed by atoms with Gasteiger partial charge >= 0.3 is 0 Å². The van der Waals surface area contributed by atoms with Crippen molar-refractivity contribution in [1.82, 2.24) is 5.48 Å². The maximum atomic E-state index is 9.48. The van der Waals surface area contributed by atoms with Crippen LogP contribution in [-0.2, 0) is 15.9 Å². The first kappa shape index (κ1) is 20.1. The van der Waals surface area contributed by atoms with Gasteiger partial charge < -0.3 is 14.7 Å². The Morgan fingerprint density at radius 2 is 1.92 bits per heavy atom. The van der Waals surface area contributed by atoms with Crippen molar-refractivity contribution >= 4 is 0 Å². The van der Waals surface area contributed by atoms with Crippen molar-refractivity contribution in [2.24, 2.45) is 11.3 Å². The molecule has 1 aliphatic rings. The molecule has 140 valence electrons. The minimum Gasteiger partial charge on any atom is -0.352 e. The monoisotopic (exact) mass is 347 g/mol. The molecular formula is C21H33NO3. The molecule has 2 rings (SSSR count). The molecule has 1 fully saturated rings. The molecule has 0 aliphatic carbocycles. The molecule has 0 spiro atoms. The summed E-state index contributed by atoms with van der Waals surface area (Å²) in [7, 11) is 0. The maximum absolute atomic E-state index is 9.48. The molecule has 1 aliphatic heterocycles. The summed E-state index contributed by atoms with van der Waals surface area (Å²) in [4.78, 5) is 0. The van der Waals surface area contributed by atoms with E-state index in [4.69, 9.17) is 9.47 Å². The molecule has 25 heavy (non-hydrogen) atoms. The lowest BCUT2D eigenvalue weighted by Crippen LogP contribution is -2.39. The lowest BCUT2D eigenvalue weighted by atomic mass is 9.94. The van der Waals surface area contributed by atoms with Gasteiger partial charge in [-0.1, -0.05) is 63.3 Å². The fourth-order valence-electron chi connectivity index (χ4n) is 2.99. The number of hydrogen-bond donors (Lipinski definition) is 2. The Morgan fingerprint density at radius 1 is 1.24 bits per heavy atom. The summed E-state index contributed by atoms with van der Waals surface area (Å²) in [6.45, 7) is 7.86. The zero-order chi connectivity index (χ0) is 18.1. The molecule has 1 aromatic rings. The van der Waals surface area contributed by atoms with E-state index in [2.05, 4.69) is 62.7 Å². The summed E-state index contributed by atoms with van der Waals surface area (Å²) in [5, 5.41) is 9.48. The number of nitrogens with one attached hydrogen (secondary N) is 1. The first-order valence-electron chi connectivity index (χ1n) is 9.33. The normalized spacial score (nSPS) is 20.6. The summed E-state index contributed by atoms with van der Waals surface area (Å²) in [6.07, 6.45) is 7.89. The van der Waals surface area contributed by atoms with E-state index < -0.39 is 0 Å². The Hall–Kier alpha value is -1.20. The second-order valence-corrected chi connectivity index (χ2v) is 7.84. The standard InChI is InChI=1S/C21H33NO3/c1-17(9-7-8-12-18-10-5-4-6-11-18)19(22-23)13-14-20-24-15-21(2,3)16-25-20/h4-7,9-11,17,19-20,22-23H,8,12-16H2,1-3H3/b9-7+/t17-,19+/m0/s1. The average molecular weight is 347 g/mol. The third-order valence-corrected chi connectivity index (χ3v) is 4.72. The van der Waals surface area contributed by atoms with Gasteiger partial charge in [-0.05, 0) is 37.2 Å². The highest BCUT2D eigenvalue weighted by molar-refractivity contribution is 5.15. The van der Waals surface area contributed by atoms with Crippen LogP contribution >= 0.6 is 0 Å². The molecule has 2 atom stereocenters. The summed E-state index contributed by atoms with van der Waals surface area (Å²) < 4.78 is 11.5. The smallest absolute Gasteiger partial charge is 0.157 e. The average Bonchev–Trinajstić information content (AvgIpc) is 2.61. The number of rotatable bonds is 9. The lowest BCUT2D eigenvalue weighted by molar-refractivity contribution is -0.224. The first-order chi connectivity index (χ1) is 12.0. The molecule has 0 amide bonds. The van der Waals surface area contributed by atoms with Crippen molar-refractivity contribution in [2.75, 3.05) is 13.2 Å². The topological polar surface area (TPSA) is 50.7 Å². The molecule has 0 saturated carbocycles. The van der Waals surface area contributed by atoms with Gasteiger partial charge in [-0.2, -0.15) is 0 Å². The van der Waals surface area contributed by atoms with Gasteiger partial charge in [0.25, 0.3) is 0 Å². The molecule has 1 heterocycles. The van der Waals surface area contributed by atoms with Crippen molar-refractivity contribution in [2.45, 2.75) is 58.8 Å². The van der Waals surface area contributed by atoms with E-state index in [-0.39, 0.29) is 23.7 Å². The molecule has 0 bridgehead atoms. The van der Waals surface area contributed by atoms with Crippen LogP contribution in [0.5, 0.6) is 0 Å². The van der Waals surface area contributed by atoms with Gasteiger partial charge in [0.2, 0.25) is 0 Å². The Labute approximate surface area is 152 Å². The van der Waals surface area contributed by atoms with Gasteiger partial charge in [0, 0.05) is 11.5 Å². The molecule has 2 N–H and O–H groups in total. The van der Waals surface area contributed by atoms with Gasteiger partial charge in [0.1, 0.15) is 0 Å². The van der Waals surface area contributed by atoms with E-state index in [1.807, 2.05) is 6.07 Å². The lowest BCUT2D eigenvalue weighted by Gasteiger charge is -2.35. The van der Waals surface area contributed by atoms with Crippen LogP contribution in [0, 0.1) is 11.3 Å². The molecule has 1 aromatic carbocycles. The van der Waals surface area contributed by atoms with E-state index >= 15 is 0 Å². The molecule has 0 unspecified atom stereocenters. The zero-order valence-corrected chi connectivity index (χ0v) is 15.8. The Balaban J connectivity index is 1.69. The fourth-order valence-corrected chi connectivity index (χ4v) is 2.99. The number of benzene rings is 1. The third-order valence-electron chi connectivity index (χ3n) is 4.72. The maximum Gasteiger partial charge on any atom is 0.157 e. The number of ether oxygens (including phenoxy) is 2. The van der Waals surface area contributed by atoms with Crippen LogP contribution in [0.15, 0.2) is 42.5 Å². The predicted octanol–water partition coefficient (Wildman–Crippen LogP) is 4.34. The Bertz CT molecular complexity index is 505. The van der Waals surface area contributed by atoms with E-state index in [9.17, 15) is 5.21 Å². The van der Waals surface area contributed by atoms with Crippen molar-refractivity contribution in [3.63, 3.8) is 0 Å². The van der Waals surface area contributed by atoms with Gasteiger partial charge in [0.15, 0.2) is 6.29 Å². The zero-order valence-electron chi connectivity index (χ0n) is 15.8. The van der Waals surface area contributed by atoms with Crippen LogP contribution in [0.3, 0.4) is 0 Å². The van der Waals surface area contributed by atoms with Crippen LogP contribution in [0.4, 0.5) is 0 Å². The second-order valence-electron chi connectivity index (χ2n) is 7.84. The van der Waals surface area contributed by atoms with E-state index in [1.54, 1.807) is 0 Å². The minimum absolute atomic E-state index is 0.00936. The third kappa shape index (κ3) is 7.28. The fraction of sp³-hybridized carbons (Fsp3) is 0.619. The van der Waals surface area contributed by atoms with Crippen LogP contribution < -0.4 is 5.48 Å². The summed E-state index contributed by atoms with van der Waals surface area (Å²) >= 11 is 0. The van der Waals surface area contributed by atoms with Gasteiger partial charge in [0.05, 0.1) is 13.2 Å². The van der Waals surface area contributed by atoms with Crippen molar-refractivity contribution < 1.29 is 14.7 Å². The van der Waals surface area contributed by atoms with E-state index in [0.717, 1.165) is 38.9 Å². The SMILES string of the molecule is C[C@@H](/C=C/CCc1ccccc1)[C@@H](CCC1OCC(C)(C)CO1)NO. The predicted molar refractivity (Wildman–Crippen MR) is 100 cm³/mol. The molecule has 4 nitrogen and oxygen atoms in total. The molecule has 0 aromatic heterocycles. The largest absolute Gasteiger partial charge is 0.352 e. The van der Waals surface area contributed by atoms with E-state index in [1.165, 1.54) is 5.56 Å². The molecular weight excluding hydrogens is 314 g/mol. The van der Waals surface area contributed by atoms with Crippen molar-refractivity contribution in [3.05, 3.63) is 48.0 Å². The van der Waals surface area contributed by atoms with Crippen molar-refractivity contribution in [1.29, 1.82) is 0 Å². The van der Waals surface area contributed by atoms with E-state index in [0.29, 0.717) is 0 Å². The van der Waals surface area contributed by atoms with Crippen LogP contribution in [-0.4, -0.2) is 30.8 Å². The van der Waals surface area contributed by atoms with Gasteiger partial charge in [-0.3, -0.25) is 0 Å². The number of hydrogen-bond acceptors (Lipinski definition) is 4. The first-order valence-corrected chi connectivity index (χ1v) is 9.33.